The van der Waals surface area contributed by atoms with Crippen LogP contribution >= 0.6 is 0 Å². The van der Waals surface area contributed by atoms with Crippen LogP contribution in [0.25, 0.3) is 0 Å². The fraction of sp³-hybridized carbons (Fsp3) is 0.235. The molecule has 2 aromatic rings. The van der Waals surface area contributed by atoms with Crippen molar-refractivity contribution in [2.45, 2.75) is 13.3 Å². The quantitative estimate of drug-likeness (QED) is 0.781. The van der Waals surface area contributed by atoms with E-state index in [1.165, 1.54) is 35.6 Å². The number of aromatic nitrogens is 2. The molecular formula is C17H19N5O3. The summed E-state index contributed by atoms with van der Waals surface area (Å²) in [7, 11) is 0. The van der Waals surface area contributed by atoms with Crippen LogP contribution in [-0.4, -0.2) is 45.7 Å². The maximum Gasteiger partial charge on any atom is 0.274 e. The van der Waals surface area contributed by atoms with Crippen molar-refractivity contribution in [1.29, 1.82) is 0 Å². The molecule has 1 aromatic heterocycles. The molecule has 130 valence electrons. The molecule has 0 bridgehead atoms. The van der Waals surface area contributed by atoms with Gasteiger partial charge in [0.05, 0.1) is 6.20 Å². The highest BCUT2D eigenvalue weighted by molar-refractivity contribution is 5.95. The molecule has 0 spiro atoms. The van der Waals surface area contributed by atoms with E-state index in [1.54, 1.807) is 12.1 Å². The number of benzene rings is 1. The van der Waals surface area contributed by atoms with Gasteiger partial charge in [-0.15, -0.1) is 0 Å². The smallest absolute Gasteiger partial charge is 0.274 e. The molecule has 1 aromatic carbocycles. The van der Waals surface area contributed by atoms with Gasteiger partial charge in [-0.05, 0) is 31.2 Å². The molecule has 0 fully saturated rings. The van der Waals surface area contributed by atoms with Crippen LogP contribution in [0.5, 0.6) is 0 Å². The Hall–Kier alpha value is -3.29. The summed E-state index contributed by atoms with van der Waals surface area (Å²) in [6.07, 6.45) is 4.47. The molecule has 8 nitrogen and oxygen atoms in total. The first-order valence-corrected chi connectivity index (χ1v) is 7.76. The lowest BCUT2D eigenvalue weighted by molar-refractivity contribution is -0.116. The monoisotopic (exact) mass is 341 g/mol. The number of rotatable bonds is 7. The second-order valence-corrected chi connectivity index (χ2v) is 5.22. The predicted molar refractivity (Wildman–Crippen MR) is 91.8 cm³/mol. The van der Waals surface area contributed by atoms with Gasteiger partial charge in [-0.3, -0.25) is 19.4 Å². The van der Waals surface area contributed by atoms with Gasteiger partial charge in [-0.1, -0.05) is 0 Å². The Morgan fingerprint density at radius 3 is 2.44 bits per heavy atom. The molecule has 0 aliphatic heterocycles. The summed E-state index contributed by atoms with van der Waals surface area (Å²) in [4.78, 5) is 44.7. The Morgan fingerprint density at radius 2 is 1.88 bits per heavy atom. The average molecular weight is 341 g/mol. The molecule has 1 heterocycles. The second-order valence-electron chi connectivity index (χ2n) is 5.22. The van der Waals surface area contributed by atoms with Gasteiger partial charge in [0.15, 0.2) is 0 Å². The lowest BCUT2D eigenvalue weighted by Gasteiger charge is -2.20. The minimum atomic E-state index is -0.529. The van der Waals surface area contributed by atoms with Crippen LogP contribution in [0.4, 0.5) is 5.69 Å². The Labute approximate surface area is 145 Å². The van der Waals surface area contributed by atoms with Crippen LogP contribution < -0.4 is 11.1 Å². The average Bonchev–Trinajstić information content (AvgIpc) is 2.63. The summed E-state index contributed by atoms with van der Waals surface area (Å²) in [6.45, 7) is 2.54. The van der Waals surface area contributed by atoms with Gasteiger partial charge in [0.2, 0.25) is 11.8 Å². The van der Waals surface area contributed by atoms with Crippen molar-refractivity contribution in [2.75, 3.05) is 18.4 Å². The van der Waals surface area contributed by atoms with Crippen LogP contribution in [0, 0.1) is 0 Å². The Balaban J connectivity index is 1.89. The van der Waals surface area contributed by atoms with Crippen molar-refractivity contribution in [1.82, 2.24) is 14.9 Å². The van der Waals surface area contributed by atoms with E-state index in [0.29, 0.717) is 17.8 Å². The van der Waals surface area contributed by atoms with E-state index in [9.17, 15) is 14.4 Å². The Kier molecular flexibility index (Phi) is 6.16. The molecule has 0 saturated heterocycles. The van der Waals surface area contributed by atoms with Gasteiger partial charge < -0.3 is 16.0 Å². The molecule has 3 amide bonds. The number of nitrogens with zero attached hydrogens (tertiary/aromatic N) is 3. The summed E-state index contributed by atoms with van der Waals surface area (Å²) in [5.74, 6) is -1.04. The van der Waals surface area contributed by atoms with Crippen LogP contribution in [-0.2, 0) is 4.79 Å². The molecule has 0 aliphatic rings. The van der Waals surface area contributed by atoms with Gasteiger partial charge in [0.25, 0.3) is 5.91 Å². The normalized spacial score (nSPS) is 10.1. The number of hydrogen-bond acceptors (Lipinski definition) is 5. The fourth-order valence-electron chi connectivity index (χ4n) is 2.15. The SMILES string of the molecule is CCN(CCC(=O)Nc1ccc(C(N)=O)cc1)C(=O)c1cnccn1. The lowest BCUT2D eigenvalue weighted by atomic mass is 10.2. The zero-order valence-corrected chi connectivity index (χ0v) is 13.8. The number of anilines is 1. The Morgan fingerprint density at radius 1 is 1.16 bits per heavy atom. The molecule has 2 rings (SSSR count). The van der Waals surface area contributed by atoms with Crippen LogP contribution in [0.3, 0.4) is 0 Å². The molecular weight excluding hydrogens is 322 g/mol. The first kappa shape index (κ1) is 18.1. The third-order valence-electron chi connectivity index (χ3n) is 3.51. The van der Waals surface area contributed by atoms with Crippen molar-refractivity contribution in [3.8, 4) is 0 Å². The van der Waals surface area contributed by atoms with Crippen LogP contribution in [0.2, 0.25) is 0 Å². The molecule has 0 radical (unpaired) electrons. The van der Waals surface area contributed by atoms with E-state index in [-0.39, 0.29) is 30.5 Å². The van der Waals surface area contributed by atoms with Gasteiger partial charge in [0, 0.05) is 43.2 Å². The van der Waals surface area contributed by atoms with Crippen molar-refractivity contribution in [3.05, 3.63) is 54.1 Å². The highest BCUT2D eigenvalue weighted by Crippen LogP contribution is 2.10. The van der Waals surface area contributed by atoms with Gasteiger partial charge in [-0.25, -0.2) is 4.98 Å². The maximum atomic E-state index is 12.3. The van der Waals surface area contributed by atoms with Gasteiger partial charge in [-0.2, -0.15) is 0 Å². The van der Waals surface area contributed by atoms with Crippen molar-refractivity contribution >= 4 is 23.4 Å². The van der Waals surface area contributed by atoms with E-state index in [2.05, 4.69) is 15.3 Å². The summed E-state index contributed by atoms with van der Waals surface area (Å²) < 4.78 is 0. The number of nitrogens with one attached hydrogen (secondary N) is 1. The predicted octanol–water partition coefficient (Wildman–Crippen LogP) is 1.07. The van der Waals surface area contributed by atoms with Crippen LogP contribution in [0.15, 0.2) is 42.9 Å². The van der Waals surface area contributed by atoms with Crippen LogP contribution in [0.1, 0.15) is 34.2 Å². The molecule has 0 aliphatic carbocycles. The van der Waals surface area contributed by atoms with Crippen molar-refractivity contribution in [2.24, 2.45) is 5.73 Å². The van der Waals surface area contributed by atoms with E-state index in [4.69, 9.17) is 5.73 Å². The standard InChI is InChI=1S/C17H19N5O3/c1-2-22(17(25)14-11-19-8-9-20-14)10-7-15(23)21-13-5-3-12(4-6-13)16(18)24/h3-6,8-9,11H,2,7,10H2,1H3,(H2,18,24)(H,21,23). The number of hydrogen-bond donors (Lipinski definition) is 2. The number of amides is 3. The second kappa shape index (κ2) is 8.53. The first-order valence-electron chi connectivity index (χ1n) is 7.76. The first-order chi connectivity index (χ1) is 12.0. The highest BCUT2D eigenvalue weighted by atomic mass is 16.2. The zero-order valence-electron chi connectivity index (χ0n) is 13.8. The van der Waals surface area contributed by atoms with E-state index >= 15 is 0 Å². The molecule has 0 atom stereocenters. The molecule has 25 heavy (non-hydrogen) atoms. The van der Waals surface area contributed by atoms with Gasteiger partial charge in [0.1, 0.15) is 5.69 Å². The molecule has 0 saturated carbocycles. The van der Waals surface area contributed by atoms with Crippen molar-refractivity contribution < 1.29 is 14.4 Å². The third-order valence-corrected chi connectivity index (χ3v) is 3.51. The van der Waals surface area contributed by atoms with Crippen molar-refractivity contribution in [3.63, 3.8) is 0 Å². The number of carbonyl (C=O) groups is 3. The van der Waals surface area contributed by atoms with E-state index in [1.807, 2.05) is 6.92 Å². The summed E-state index contributed by atoms with van der Waals surface area (Å²) in [5, 5.41) is 2.71. The summed E-state index contributed by atoms with van der Waals surface area (Å²) in [6, 6.07) is 6.27. The minimum Gasteiger partial charge on any atom is -0.366 e. The number of primary amides is 1. The van der Waals surface area contributed by atoms with E-state index in [0.717, 1.165) is 0 Å². The Bertz CT molecular complexity index is 747. The topological polar surface area (TPSA) is 118 Å². The fourth-order valence-corrected chi connectivity index (χ4v) is 2.15. The van der Waals surface area contributed by atoms with E-state index < -0.39 is 5.91 Å². The lowest BCUT2D eigenvalue weighted by Crippen LogP contribution is -2.34. The maximum absolute atomic E-state index is 12.3. The minimum absolute atomic E-state index is 0.136. The number of carbonyl (C=O) groups excluding carboxylic acids is 3. The molecule has 8 heteroatoms. The highest BCUT2D eigenvalue weighted by Gasteiger charge is 2.16. The summed E-state index contributed by atoms with van der Waals surface area (Å²) in [5.41, 5.74) is 6.33. The summed E-state index contributed by atoms with van der Waals surface area (Å²) >= 11 is 0. The molecule has 3 N–H and O–H groups in total. The zero-order chi connectivity index (χ0) is 18.2. The largest absolute Gasteiger partial charge is 0.366 e. The molecule has 0 unspecified atom stereocenters. The third kappa shape index (κ3) is 5.10. The number of nitrogens with two attached hydrogens (primary N) is 1. The van der Waals surface area contributed by atoms with Gasteiger partial charge >= 0.3 is 0 Å².